The highest BCUT2D eigenvalue weighted by Crippen LogP contribution is 2.48. The Balaban J connectivity index is 2.34. The van der Waals surface area contributed by atoms with Crippen molar-refractivity contribution in [3.05, 3.63) is 59.7 Å². The van der Waals surface area contributed by atoms with Gasteiger partial charge in [-0.15, -0.1) is 0 Å². The first-order valence-electron chi connectivity index (χ1n) is 13.0. The molecule has 0 aliphatic carbocycles. The molecule has 0 spiro atoms. The molecule has 0 atom stereocenters. The average Bonchev–Trinajstić information content (AvgIpc) is 2.86. The van der Waals surface area contributed by atoms with Gasteiger partial charge in [0, 0.05) is 54.3 Å². The summed E-state index contributed by atoms with van der Waals surface area (Å²) in [5.41, 5.74) is 3.95. The first-order chi connectivity index (χ1) is 17.8. The predicted molar refractivity (Wildman–Crippen MR) is 156 cm³/mol. The van der Waals surface area contributed by atoms with Crippen LogP contribution in [0.5, 0.6) is 23.0 Å². The molecule has 0 unspecified atom stereocenters. The second kappa shape index (κ2) is 11.6. The van der Waals surface area contributed by atoms with Crippen molar-refractivity contribution in [1.82, 2.24) is 0 Å². The van der Waals surface area contributed by atoms with E-state index in [1.165, 1.54) is 0 Å². The van der Waals surface area contributed by atoms with Crippen LogP contribution in [0.2, 0.25) is 0 Å². The average molecular weight is 522 g/mol. The van der Waals surface area contributed by atoms with Crippen molar-refractivity contribution in [2.45, 2.75) is 58.8 Å². The van der Waals surface area contributed by atoms with Crippen molar-refractivity contribution in [3.8, 4) is 34.1 Å². The molecule has 38 heavy (non-hydrogen) atoms. The third kappa shape index (κ3) is 6.18. The van der Waals surface area contributed by atoms with Gasteiger partial charge in [0.1, 0.15) is 23.0 Å². The van der Waals surface area contributed by atoms with E-state index in [9.17, 15) is 10.2 Å². The zero-order valence-corrected chi connectivity index (χ0v) is 24.3. The third-order valence-corrected chi connectivity index (χ3v) is 6.74. The van der Waals surface area contributed by atoms with Crippen molar-refractivity contribution in [2.75, 3.05) is 39.4 Å². The van der Waals surface area contributed by atoms with Crippen LogP contribution < -0.4 is 14.4 Å². The number of hydrogen-bond donors (Lipinski definition) is 2. The molecule has 0 aliphatic rings. The van der Waals surface area contributed by atoms with Crippen molar-refractivity contribution in [2.24, 2.45) is 0 Å². The van der Waals surface area contributed by atoms with Gasteiger partial charge in [0.25, 0.3) is 0 Å². The second-order valence-corrected chi connectivity index (χ2v) is 11.6. The molecule has 0 saturated carbocycles. The standard InChI is InChI=1S/C32H43NO5/c1-31(2,3)25-18-21(37-8)17-24(29(25)34)23-13-10-11-14-27(23)33(15-12-16-36-7)28-20-22(38-9)19-26(30(28)35)32(4,5)6/h10-11,13-14,17-20,34-35H,12,15-16H2,1-9H3. The van der Waals surface area contributed by atoms with Crippen LogP contribution in [0.4, 0.5) is 11.4 Å². The lowest BCUT2D eigenvalue weighted by Crippen LogP contribution is -2.22. The number of methoxy groups -OCH3 is 3. The van der Waals surface area contributed by atoms with Crippen molar-refractivity contribution in [1.29, 1.82) is 0 Å². The fraction of sp³-hybridized carbons (Fsp3) is 0.438. The number of aromatic hydroxyl groups is 2. The van der Waals surface area contributed by atoms with Gasteiger partial charge in [0.05, 0.1) is 19.9 Å². The lowest BCUT2D eigenvalue weighted by atomic mass is 9.83. The topological polar surface area (TPSA) is 71.4 Å². The zero-order chi connectivity index (χ0) is 28.3. The van der Waals surface area contributed by atoms with Crippen molar-refractivity contribution >= 4 is 11.4 Å². The van der Waals surface area contributed by atoms with Crippen molar-refractivity contribution in [3.63, 3.8) is 0 Å². The molecule has 6 nitrogen and oxygen atoms in total. The van der Waals surface area contributed by atoms with Crippen LogP contribution in [0.3, 0.4) is 0 Å². The molecule has 0 saturated heterocycles. The number of rotatable bonds is 9. The SMILES string of the molecule is COCCCN(c1ccccc1-c1cc(OC)cc(C(C)(C)C)c1O)c1cc(OC)cc(C(C)(C)C)c1O. The number of benzene rings is 3. The molecule has 0 aliphatic heterocycles. The van der Waals surface area contributed by atoms with E-state index in [1.807, 2.05) is 48.5 Å². The molecule has 0 bridgehead atoms. The largest absolute Gasteiger partial charge is 0.507 e. The number of nitrogens with zero attached hydrogens (tertiary/aromatic N) is 1. The van der Waals surface area contributed by atoms with Gasteiger partial charge in [-0.05, 0) is 41.5 Å². The van der Waals surface area contributed by atoms with Gasteiger partial charge in [-0.3, -0.25) is 0 Å². The Bertz CT molecular complexity index is 1250. The van der Waals surface area contributed by atoms with Crippen LogP contribution in [-0.2, 0) is 15.6 Å². The Morgan fingerprint density at radius 2 is 1.24 bits per heavy atom. The monoisotopic (exact) mass is 521 g/mol. The minimum atomic E-state index is -0.308. The summed E-state index contributed by atoms with van der Waals surface area (Å²) in [6, 6.07) is 15.4. The lowest BCUT2D eigenvalue weighted by Gasteiger charge is -2.31. The molecule has 0 fully saturated rings. The van der Waals surface area contributed by atoms with E-state index < -0.39 is 0 Å². The molecular weight excluding hydrogens is 478 g/mol. The van der Waals surface area contributed by atoms with Crippen LogP contribution in [-0.4, -0.2) is 44.7 Å². The lowest BCUT2D eigenvalue weighted by molar-refractivity contribution is 0.196. The second-order valence-electron chi connectivity index (χ2n) is 11.6. The molecule has 3 aromatic rings. The quantitative estimate of drug-likeness (QED) is 0.283. The fourth-order valence-corrected chi connectivity index (χ4v) is 4.67. The molecule has 0 amide bonds. The number of para-hydroxylation sites is 1. The molecule has 0 radical (unpaired) electrons. The molecular formula is C32H43NO5. The van der Waals surface area contributed by atoms with E-state index in [2.05, 4.69) is 46.4 Å². The summed E-state index contributed by atoms with van der Waals surface area (Å²) in [4.78, 5) is 2.08. The van der Waals surface area contributed by atoms with E-state index in [0.29, 0.717) is 35.9 Å². The maximum Gasteiger partial charge on any atom is 0.143 e. The fourth-order valence-electron chi connectivity index (χ4n) is 4.67. The molecule has 3 rings (SSSR count). The van der Waals surface area contributed by atoms with Gasteiger partial charge in [0.15, 0.2) is 0 Å². The Morgan fingerprint density at radius 3 is 1.79 bits per heavy atom. The summed E-state index contributed by atoms with van der Waals surface area (Å²) in [6.45, 7) is 13.5. The minimum Gasteiger partial charge on any atom is -0.507 e. The Labute approximate surface area is 227 Å². The van der Waals surface area contributed by atoms with E-state index in [-0.39, 0.29) is 22.3 Å². The van der Waals surface area contributed by atoms with E-state index >= 15 is 0 Å². The molecule has 3 aromatic carbocycles. The smallest absolute Gasteiger partial charge is 0.143 e. The van der Waals surface area contributed by atoms with Gasteiger partial charge < -0.3 is 29.3 Å². The van der Waals surface area contributed by atoms with Gasteiger partial charge >= 0.3 is 0 Å². The number of anilines is 2. The van der Waals surface area contributed by atoms with Crippen LogP contribution in [0, 0.1) is 0 Å². The molecule has 6 heteroatoms. The minimum absolute atomic E-state index is 0.204. The first-order valence-corrected chi connectivity index (χ1v) is 13.0. The summed E-state index contributed by atoms with van der Waals surface area (Å²) in [6.07, 6.45) is 0.726. The summed E-state index contributed by atoms with van der Waals surface area (Å²) in [5.74, 6) is 1.75. The van der Waals surface area contributed by atoms with Crippen molar-refractivity contribution < 1.29 is 24.4 Å². The van der Waals surface area contributed by atoms with Crippen LogP contribution in [0.15, 0.2) is 48.5 Å². The molecule has 206 valence electrons. The highest BCUT2D eigenvalue weighted by Gasteiger charge is 2.28. The summed E-state index contributed by atoms with van der Waals surface area (Å²) >= 11 is 0. The maximum absolute atomic E-state index is 11.6. The van der Waals surface area contributed by atoms with Gasteiger partial charge in [-0.2, -0.15) is 0 Å². The van der Waals surface area contributed by atoms with Crippen LogP contribution in [0.1, 0.15) is 59.1 Å². The molecule has 2 N–H and O–H groups in total. The zero-order valence-electron chi connectivity index (χ0n) is 24.3. The Kier molecular flexibility index (Phi) is 8.88. The van der Waals surface area contributed by atoms with Gasteiger partial charge in [-0.1, -0.05) is 59.7 Å². The van der Waals surface area contributed by atoms with Crippen LogP contribution >= 0.6 is 0 Å². The molecule has 0 heterocycles. The number of hydrogen-bond acceptors (Lipinski definition) is 6. The number of phenols is 2. The van der Waals surface area contributed by atoms with Gasteiger partial charge in [-0.25, -0.2) is 0 Å². The summed E-state index contributed by atoms with van der Waals surface area (Å²) in [5, 5.41) is 23.1. The highest BCUT2D eigenvalue weighted by atomic mass is 16.5. The normalized spacial score (nSPS) is 11.9. The Hall–Kier alpha value is -3.38. The van der Waals surface area contributed by atoms with Crippen LogP contribution in [0.25, 0.3) is 11.1 Å². The predicted octanol–water partition coefficient (Wildman–Crippen LogP) is 7.55. The molecule has 0 aromatic heterocycles. The highest BCUT2D eigenvalue weighted by molar-refractivity contribution is 5.88. The summed E-state index contributed by atoms with van der Waals surface area (Å²) < 4.78 is 16.7. The first kappa shape index (κ1) is 29.2. The third-order valence-electron chi connectivity index (χ3n) is 6.74. The number of ether oxygens (including phenoxy) is 3. The van der Waals surface area contributed by atoms with Gasteiger partial charge in [0.2, 0.25) is 0 Å². The van der Waals surface area contributed by atoms with E-state index in [1.54, 1.807) is 21.3 Å². The van der Waals surface area contributed by atoms with E-state index in [4.69, 9.17) is 14.2 Å². The number of phenolic OH excluding ortho intramolecular Hbond substituents is 2. The maximum atomic E-state index is 11.6. The summed E-state index contributed by atoms with van der Waals surface area (Å²) in [7, 11) is 4.95. The Morgan fingerprint density at radius 1 is 0.684 bits per heavy atom. The van der Waals surface area contributed by atoms with E-state index in [0.717, 1.165) is 28.8 Å².